The van der Waals surface area contributed by atoms with Crippen molar-refractivity contribution < 1.29 is 0 Å². The average molecular weight is 296 g/mol. The summed E-state index contributed by atoms with van der Waals surface area (Å²) in [7, 11) is 0. The van der Waals surface area contributed by atoms with E-state index in [-0.39, 0.29) is 6.04 Å². The van der Waals surface area contributed by atoms with E-state index in [1.165, 1.54) is 0 Å². The zero-order chi connectivity index (χ0) is 15.8. The molecule has 8 N–H and O–H groups in total. The van der Waals surface area contributed by atoms with Crippen molar-refractivity contribution in [3.63, 3.8) is 0 Å². The average Bonchev–Trinajstić information content (AvgIpc) is 2.58. The molecule has 0 aromatic heterocycles. The zero-order valence-corrected chi connectivity index (χ0v) is 12.7. The molecule has 1 saturated carbocycles. The van der Waals surface area contributed by atoms with E-state index in [9.17, 15) is 0 Å². The van der Waals surface area contributed by atoms with E-state index in [0.717, 1.165) is 17.5 Å². The fourth-order valence-electron chi connectivity index (χ4n) is 3.70. The normalized spacial score (nSPS) is 35.3. The van der Waals surface area contributed by atoms with Gasteiger partial charge in [-0.25, -0.2) is 0 Å². The van der Waals surface area contributed by atoms with Gasteiger partial charge < -0.3 is 22.9 Å². The van der Waals surface area contributed by atoms with Gasteiger partial charge in [0.05, 0.1) is 11.1 Å². The molecule has 0 amide bonds. The second-order valence-corrected chi connectivity index (χ2v) is 6.30. The Morgan fingerprint density at radius 1 is 0.773 bits per heavy atom. The Kier molecular flexibility index (Phi) is 3.78. The van der Waals surface area contributed by atoms with Crippen molar-refractivity contribution in [1.29, 1.82) is 0 Å². The molecule has 4 heteroatoms. The molecule has 3 rings (SSSR count). The predicted molar refractivity (Wildman–Crippen MR) is 89.8 cm³/mol. The highest BCUT2D eigenvalue weighted by Crippen LogP contribution is 2.46. The molecule has 1 aliphatic rings. The third kappa shape index (κ3) is 2.08. The molecule has 116 valence electrons. The van der Waals surface area contributed by atoms with Gasteiger partial charge in [-0.3, -0.25) is 0 Å². The van der Waals surface area contributed by atoms with Crippen LogP contribution in [-0.4, -0.2) is 12.1 Å². The van der Waals surface area contributed by atoms with Crippen LogP contribution in [0.5, 0.6) is 0 Å². The standard InChI is InChI=1S/C18H24N4/c19-15-11-12-17(21,13-7-3-1-4-8-13)18(22,16(15)20)14-9-5-2-6-10-14/h1-10,15-16H,11-12,19-22H2. The van der Waals surface area contributed by atoms with Gasteiger partial charge in [0.1, 0.15) is 0 Å². The lowest BCUT2D eigenvalue weighted by molar-refractivity contribution is 0.104. The molecule has 4 nitrogen and oxygen atoms in total. The van der Waals surface area contributed by atoms with Gasteiger partial charge in [0, 0.05) is 12.1 Å². The summed E-state index contributed by atoms with van der Waals surface area (Å²) in [5.74, 6) is 0. The molecule has 0 heterocycles. The van der Waals surface area contributed by atoms with E-state index < -0.39 is 17.1 Å². The highest BCUT2D eigenvalue weighted by Gasteiger charge is 2.56. The summed E-state index contributed by atoms with van der Waals surface area (Å²) in [6.07, 6.45) is 1.47. The fraction of sp³-hybridized carbons (Fsp3) is 0.333. The van der Waals surface area contributed by atoms with Crippen LogP contribution >= 0.6 is 0 Å². The number of hydrogen-bond donors (Lipinski definition) is 4. The van der Waals surface area contributed by atoms with Crippen molar-refractivity contribution in [2.45, 2.75) is 36.0 Å². The van der Waals surface area contributed by atoms with Gasteiger partial charge >= 0.3 is 0 Å². The second-order valence-electron chi connectivity index (χ2n) is 6.30. The molecule has 0 bridgehead atoms. The lowest BCUT2D eigenvalue weighted by Gasteiger charge is -2.55. The molecule has 0 aliphatic heterocycles. The van der Waals surface area contributed by atoms with Crippen molar-refractivity contribution in [3.8, 4) is 0 Å². The van der Waals surface area contributed by atoms with E-state index in [4.69, 9.17) is 22.9 Å². The first-order valence-corrected chi connectivity index (χ1v) is 7.70. The molecule has 2 aromatic carbocycles. The van der Waals surface area contributed by atoms with Gasteiger partial charge in [-0.05, 0) is 24.0 Å². The summed E-state index contributed by atoms with van der Waals surface area (Å²) in [5, 5.41) is 0. The smallest absolute Gasteiger partial charge is 0.0802 e. The minimum absolute atomic E-state index is 0.161. The van der Waals surface area contributed by atoms with Gasteiger partial charge in [-0.15, -0.1) is 0 Å². The molecule has 0 spiro atoms. The van der Waals surface area contributed by atoms with Crippen LogP contribution in [-0.2, 0) is 11.1 Å². The first-order valence-electron chi connectivity index (χ1n) is 7.70. The van der Waals surface area contributed by atoms with E-state index in [0.29, 0.717) is 6.42 Å². The molecule has 0 saturated heterocycles. The largest absolute Gasteiger partial charge is 0.326 e. The van der Waals surface area contributed by atoms with Crippen LogP contribution in [0.1, 0.15) is 24.0 Å². The van der Waals surface area contributed by atoms with Crippen LogP contribution in [0.4, 0.5) is 0 Å². The molecule has 2 aromatic rings. The summed E-state index contributed by atoms with van der Waals surface area (Å²) in [5.41, 5.74) is 26.8. The number of hydrogen-bond acceptors (Lipinski definition) is 4. The van der Waals surface area contributed by atoms with Crippen molar-refractivity contribution >= 4 is 0 Å². The van der Waals surface area contributed by atoms with Crippen LogP contribution in [0, 0.1) is 0 Å². The maximum atomic E-state index is 6.89. The van der Waals surface area contributed by atoms with Crippen LogP contribution in [0.3, 0.4) is 0 Å². The van der Waals surface area contributed by atoms with E-state index in [1.807, 2.05) is 60.7 Å². The minimum Gasteiger partial charge on any atom is -0.326 e. The fourth-order valence-corrected chi connectivity index (χ4v) is 3.70. The Morgan fingerprint density at radius 3 is 1.82 bits per heavy atom. The van der Waals surface area contributed by atoms with Crippen LogP contribution in [0.15, 0.2) is 60.7 Å². The van der Waals surface area contributed by atoms with Crippen LogP contribution < -0.4 is 22.9 Å². The van der Waals surface area contributed by atoms with Crippen molar-refractivity contribution in [3.05, 3.63) is 71.8 Å². The highest BCUT2D eigenvalue weighted by atomic mass is 15.0. The van der Waals surface area contributed by atoms with Crippen LogP contribution in [0.2, 0.25) is 0 Å². The van der Waals surface area contributed by atoms with Gasteiger partial charge in [0.25, 0.3) is 0 Å². The van der Waals surface area contributed by atoms with Crippen molar-refractivity contribution in [2.24, 2.45) is 22.9 Å². The molecule has 4 atom stereocenters. The Labute approximate surface area is 131 Å². The Balaban J connectivity index is 2.19. The second kappa shape index (κ2) is 5.48. The molecule has 1 fully saturated rings. The van der Waals surface area contributed by atoms with Gasteiger partial charge in [0.15, 0.2) is 0 Å². The zero-order valence-electron chi connectivity index (χ0n) is 12.7. The van der Waals surface area contributed by atoms with E-state index >= 15 is 0 Å². The van der Waals surface area contributed by atoms with E-state index in [1.54, 1.807) is 0 Å². The number of rotatable bonds is 2. The van der Waals surface area contributed by atoms with Crippen LogP contribution in [0.25, 0.3) is 0 Å². The molecular formula is C18H24N4. The minimum atomic E-state index is -0.909. The van der Waals surface area contributed by atoms with E-state index in [2.05, 4.69) is 0 Å². The van der Waals surface area contributed by atoms with Gasteiger partial charge in [-0.2, -0.15) is 0 Å². The van der Waals surface area contributed by atoms with Gasteiger partial charge in [0.2, 0.25) is 0 Å². The number of nitrogens with two attached hydrogens (primary N) is 4. The quantitative estimate of drug-likeness (QED) is 0.667. The third-order valence-electron chi connectivity index (χ3n) is 5.14. The molecular weight excluding hydrogens is 272 g/mol. The maximum absolute atomic E-state index is 6.89. The van der Waals surface area contributed by atoms with Crippen molar-refractivity contribution in [2.75, 3.05) is 0 Å². The summed E-state index contributed by atoms with van der Waals surface area (Å²) < 4.78 is 0. The Hall–Kier alpha value is -1.72. The lowest BCUT2D eigenvalue weighted by Crippen LogP contribution is -2.75. The molecule has 4 unspecified atom stereocenters. The summed E-state index contributed by atoms with van der Waals surface area (Å²) in [4.78, 5) is 0. The predicted octanol–water partition coefficient (Wildman–Crippen LogP) is 1.14. The topological polar surface area (TPSA) is 104 Å². The lowest BCUT2D eigenvalue weighted by atomic mass is 9.58. The first kappa shape index (κ1) is 15.2. The summed E-state index contributed by atoms with van der Waals surface area (Å²) in [6.45, 7) is 0. The first-order chi connectivity index (χ1) is 10.5. The Morgan fingerprint density at radius 2 is 1.27 bits per heavy atom. The maximum Gasteiger partial charge on any atom is 0.0802 e. The molecule has 22 heavy (non-hydrogen) atoms. The van der Waals surface area contributed by atoms with Gasteiger partial charge in [-0.1, -0.05) is 60.7 Å². The third-order valence-corrected chi connectivity index (χ3v) is 5.14. The molecule has 0 radical (unpaired) electrons. The summed E-state index contributed by atoms with van der Waals surface area (Å²) in [6, 6.07) is 19.3. The molecule has 1 aliphatic carbocycles. The number of benzene rings is 2. The Bertz CT molecular complexity index is 630. The monoisotopic (exact) mass is 296 g/mol. The van der Waals surface area contributed by atoms with Crippen molar-refractivity contribution in [1.82, 2.24) is 0 Å². The summed E-state index contributed by atoms with van der Waals surface area (Å²) >= 11 is 0. The highest BCUT2D eigenvalue weighted by molar-refractivity contribution is 5.40. The SMILES string of the molecule is NC1CCC(N)(c2ccccc2)C(N)(c2ccccc2)C1N.